The van der Waals surface area contributed by atoms with Gasteiger partial charge in [-0.1, -0.05) is 24.3 Å². The first-order chi connectivity index (χ1) is 14.7. The van der Waals surface area contributed by atoms with Crippen molar-refractivity contribution in [2.24, 2.45) is 0 Å². The van der Waals surface area contributed by atoms with E-state index >= 15 is 0 Å². The van der Waals surface area contributed by atoms with E-state index in [-0.39, 0.29) is 6.04 Å². The van der Waals surface area contributed by atoms with E-state index in [0.29, 0.717) is 6.61 Å². The summed E-state index contributed by atoms with van der Waals surface area (Å²) in [6.07, 6.45) is 3.27. The van der Waals surface area contributed by atoms with Gasteiger partial charge in [0.1, 0.15) is 5.75 Å². The highest BCUT2D eigenvalue weighted by Crippen LogP contribution is 2.41. The van der Waals surface area contributed by atoms with Crippen molar-refractivity contribution in [1.82, 2.24) is 9.47 Å². The second kappa shape index (κ2) is 9.26. The molecular formula is C25H30N2O3. The molecule has 0 aliphatic carbocycles. The highest BCUT2D eigenvalue weighted by Gasteiger charge is 2.30. The molecule has 1 aliphatic heterocycles. The van der Waals surface area contributed by atoms with Crippen molar-refractivity contribution in [1.29, 1.82) is 0 Å². The van der Waals surface area contributed by atoms with Crippen LogP contribution in [0.2, 0.25) is 0 Å². The third-order valence-electron chi connectivity index (χ3n) is 5.68. The maximum absolute atomic E-state index is 5.82. The number of fused-ring (bicyclic) bond motifs is 1. The summed E-state index contributed by atoms with van der Waals surface area (Å²) in [5.41, 5.74) is 3.65. The van der Waals surface area contributed by atoms with Crippen LogP contribution in [0.1, 0.15) is 36.2 Å². The average molecular weight is 407 g/mol. The van der Waals surface area contributed by atoms with Crippen LogP contribution in [0.15, 0.2) is 60.8 Å². The Morgan fingerprint density at radius 1 is 0.967 bits per heavy atom. The molecule has 0 saturated heterocycles. The van der Waals surface area contributed by atoms with Crippen LogP contribution in [0.4, 0.5) is 0 Å². The van der Waals surface area contributed by atoms with Crippen molar-refractivity contribution in [3.63, 3.8) is 0 Å². The average Bonchev–Trinajstić information content (AvgIpc) is 3.15. The molecule has 5 heteroatoms. The van der Waals surface area contributed by atoms with E-state index in [1.54, 1.807) is 14.2 Å². The van der Waals surface area contributed by atoms with Gasteiger partial charge in [0, 0.05) is 37.1 Å². The predicted octanol–water partition coefficient (Wildman–Crippen LogP) is 4.90. The van der Waals surface area contributed by atoms with E-state index in [1.165, 1.54) is 11.3 Å². The Morgan fingerprint density at radius 2 is 1.83 bits per heavy atom. The summed E-state index contributed by atoms with van der Waals surface area (Å²) in [7, 11) is 3.40. The van der Waals surface area contributed by atoms with Crippen molar-refractivity contribution in [3.05, 3.63) is 77.6 Å². The standard InChI is InChI=1S/C25H30N2O3/c1-4-30-20-10-5-9-19(17-20)18-27-16-8-15-26-14-7-12-22(26)24(27)21-11-6-13-23(28-2)25(21)29-3/h5-7,9-14,17,24H,4,8,15-16,18H2,1-3H3. The minimum absolute atomic E-state index is 0.0725. The van der Waals surface area contributed by atoms with Crippen LogP contribution in [0.5, 0.6) is 17.2 Å². The summed E-state index contributed by atoms with van der Waals surface area (Å²) in [4.78, 5) is 2.53. The first-order valence-corrected chi connectivity index (χ1v) is 10.6. The molecule has 5 nitrogen and oxygen atoms in total. The molecule has 0 spiro atoms. The zero-order valence-electron chi connectivity index (χ0n) is 18.0. The molecule has 1 atom stereocenters. The van der Waals surface area contributed by atoms with Crippen LogP contribution in [0.25, 0.3) is 0 Å². The first kappa shape index (κ1) is 20.4. The summed E-state index contributed by atoms with van der Waals surface area (Å²) in [6, 6.07) is 19.0. The quantitative estimate of drug-likeness (QED) is 0.559. The van der Waals surface area contributed by atoms with Gasteiger partial charge in [0.05, 0.1) is 26.9 Å². The fourth-order valence-corrected chi connectivity index (χ4v) is 4.43. The lowest BCUT2D eigenvalue weighted by atomic mass is 9.99. The molecular weight excluding hydrogens is 376 g/mol. The molecule has 158 valence electrons. The van der Waals surface area contributed by atoms with E-state index in [9.17, 15) is 0 Å². The van der Waals surface area contributed by atoms with Gasteiger partial charge in [-0.3, -0.25) is 4.90 Å². The molecule has 30 heavy (non-hydrogen) atoms. The van der Waals surface area contributed by atoms with E-state index < -0.39 is 0 Å². The van der Waals surface area contributed by atoms with Gasteiger partial charge >= 0.3 is 0 Å². The molecule has 0 amide bonds. The molecule has 3 aromatic rings. The molecule has 2 aromatic carbocycles. The van der Waals surface area contributed by atoms with Gasteiger partial charge in [0.25, 0.3) is 0 Å². The number of methoxy groups -OCH3 is 2. The molecule has 0 fully saturated rings. The van der Waals surface area contributed by atoms with Gasteiger partial charge in [-0.2, -0.15) is 0 Å². The third-order valence-corrected chi connectivity index (χ3v) is 5.68. The van der Waals surface area contributed by atoms with Crippen LogP contribution in [0, 0.1) is 0 Å². The summed E-state index contributed by atoms with van der Waals surface area (Å²) < 4.78 is 19.5. The van der Waals surface area contributed by atoms with Crippen LogP contribution >= 0.6 is 0 Å². The maximum Gasteiger partial charge on any atom is 0.165 e. The highest BCUT2D eigenvalue weighted by molar-refractivity contribution is 5.50. The van der Waals surface area contributed by atoms with Gasteiger partial charge in [0.2, 0.25) is 0 Å². The summed E-state index contributed by atoms with van der Waals surface area (Å²) >= 11 is 0. The first-order valence-electron chi connectivity index (χ1n) is 10.6. The Balaban J connectivity index is 1.77. The molecule has 4 rings (SSSR count). The van der Waals surface area contributed by atoms with Gasteiger partial charge in [-0.25, -0.2) is 0 Å². The van der Waals surface area contributed by atoms with Gasteiger partial charge in [-0.15, -0.1) is 0 Å². The Hall–Kier alpha value is -2.92. The second-order valence-electron chi connectivity index (χ2n) is 7.52. The van der Waals surface area contributed by atoms with Crippen molar-refractivity contribution in [2.75, 3.05) is 27.4 Å². The summed E-state index contributed by atoms with van der Waals surface area (Å²) in [5.74, 6) is 2.48. The molecule has 0 N–H and O–H groups in total. The van der Waals surface area contributed by atoms with Crippen molar-refractivity contribution >= 4 is 0 Å². The largest absolute Gasteiger partial charge is 0.494 e. The number of hydrogen-bond donors (Lipinski definition) is 0. The van der Waals surface area contributed by atoms with E-state index in [1.807, 2.05) is 25.1 Å². The number of benzene rings is 2. The molecule has 0 bridgehead atoms. The van der Waals surface area contributed by atoms with E-state index in [0.717, 1.165) is 48.9 Å². The zero-order valence-corrected chi connectivity index (χ0v) is 18.0. The van der Waals surface area contributed by atoms with Crippen LogP contribution in [-0.4, -0.2) is 36.8 Å². The lowest BCUT2D eigenvalue weighted by molar-refractivity contribution is 0.215. The number of aryl methyl sites for hydroxylation is 1. The number of nitrogens with zero attached hydrogens (tertiary/aromatic N) is 2. The smallest absolute Gasteiger partial charge is 0.165 e. The normalized spacial score (nSPS) is 16.6. The monoisotopic (exact) mass is 406 g/mol. The fourth-order valence-electron chi connectivity index (χ4n) is 4.43. The minimum Gasteiger partial charge on any atom is -0.494 e. The van der Waals surface area contributed by atoms with Crippen LogP contribution in [-0.2, 0) is 13.1 Å². The second-order valence-corrected chi connectivity index (χ2v) is 7.52. The maximum atomic E-state index is 5.82. The number of rotatable bonds is 7. The van der Waals surface area contributed by atoms with Crippen molar-refractivity contribution in [3.8, 4) is 17.2 Å². The van der Waals surface area contributed by atoms with Gasteiger partial charge < -0.3 is 18.8 Å². The minimum atomic E-state index is 0.0725. The topological polar surface area (TPSA) is 35.9 Å². The van der Waals surface area contributed by atoms with Gasteiger partial charge in [-0.05, 0) is 49.2 Å². The number of ether oxygens (including phenoxy) is 3. The van der Waals surface area contributed by atoms with Gasteiger partial charge in [0.15, 0.2) is 11.5 Å². The summed E-state index contributed by atoms with van der Waals surface area (Å²) in [6.45, 7) is 5.52. The van der Waals surface area contributed by atoms with E-state index in [2.05, 4.69) is 52.1 Å². The van der Waals surface area contributed by atoms with Crippen LogP contribution < -0.4 is 14.2 Å². The number of hydrogen-bond acceptors (Lipinski definition) is 4. The lowest BCUT2D eigenvalue weighted by Crippen LogP contribution is -2.30. The number of aromatic nitrogens is 1. The zero-order chi connectivity index (χ0) is 20.9. The number of para-hydroxylation sites is 1. The molecule has 1 aliphatic rings. The Kier molecular flexibility index (Phi) is 6.29. The lowest BCUT2D eigenvalue weighted by Gasteiger charge is -2.32. The fraction of sp³-hybridized carbons (Fsp3) is 0.360. The van der Waals surface area contributed by atoms with E-state index in [4.69, 9.17) is 14.2 Å². The van der Waals surface area contributed by atoms with Crippen LogP contribution in [0.3, 0.4) is 0 Å². The SMILES string of the molecule is CCOc1cccc(CN2CCCn3cccc3C2c2cccc(OC)c2OC)c1. The van der Waals surface area contributed by atoms with Crippen molar-refractivity contribution in [2.45, 2.75) is 32.5 Å². The predicted molar refractivity (Wildman–Crippen MR) is 118 cm³/mol. The highest BCUT2D eigenvalue weighted by atomic mass is 16.5. The molecule has 1 aromatic heterocycles. The Morgan fingerprint density at radius 3 is 2.63 bits per heavy atom. The molecule has 0 radical (unpaired) electrons. The molecule has 1 unspecified atom stereocenters. The Bertz CT molecular complexity index is 982. The molecule has 0 saturated carbocycles. The van der Waals surface area contributed by atoms with Crippen molar-refractivity contribution < 1.29 is 14.2 Å². The summed E-state index contributed by atoms with van der Waals surface area (Å²) in [5, 5.41) is 0. The molecule has 2 heterocycles. The Labute approximate surface area is 178 Å². The third kappa shape index (κ3) is 4.03.